The normalized spacial score (nSPS) is 26.3. The maximum atomic E-state index is 4.51. The molecular weight excluding hydrogens is 354 g/mol. The van der Waals surface area contributed by atoms with Crippen LogP contribution in [0.5, 0.6) is 0 Å². The van der Waals surface area contributed by atoms with Crippen LogP contribution in [-0.2, 0) is 13.0 Å². The Labute approximate surface area is 177 Å². The molecule has 0 bridgehead atoms. The molecule has 0 amide bonds. The first-order valence-corrected chi connectivity index (χ1v) is 11.6. The summed E-state index contributed by atoms with van der Waals surface area (Å²) >= 11 is 0. The lowest BCUT2D eigenvalue weighted by Crippen LogP contribution is -2.05. The third-order valence-electron chi connectivity index (χ3n) is 5.94. The largest absolute Gasteiger partial charge is 0.248 e. The maximum absolute atomic E-state index is 4.51. The van der Waals surface area contributed by atoms with Gasteiger partial charge >= 0.3 is 0 Å². The van der Waals surface area contributed by atoms with Gasteiger partial charge in [0, 0.05) is 6.20 Å². The maximum Gasteiger partial charge on any atom is 0.0830 e. The number of hydrogen-bond donors (Lipinski definition) is 0. The van der Waals surface area contributed by atoms with Gasteiger partial charge in [0.05, 0.1) is 12.2 Å². The standard InChI is InChI=1S/C26H37N3/c1-2-6-10-14-18-24(17-13-9-5-1)21-26-23-29(28-27-26)22-25-19-15-11-7-3-4-8-12-16-20-25/h3-4,7-8,11-12,15-16,19,23-24H,1-2,5-6,9-10,13-14,17-18,20-22H2/b7-3-,8-4-,15-11-,16-12-,25-19+. The van der Waals surface area contributed by atoms with Gasteiger partial charge in [-0.15, -0.1) is 5.10 Å². The van der Waals surface area contributed by atoms with Crippen LogP contribution in [-0.4, -0.2) is 15.0 Å². The molecule has 3 heteroatoms. The van der Waals surface area contributed by atoms with Crippen LogP contribution < -0.4 is 0 Å². The van der Waals surface area contributed by atoms with Gasteiger partial charge in [-0.1, -0.05) is 124 Å². The molecular formula is C26H37N3. The molecule has 2 aliphatic rings. The van der Waals surface area contributed by atoms with Gasteiger partial charge < -0.3 is 0 Å². The molecule has 156 valence electrons. The van der Waals surface area contributed by atoms with E-state index < -0.39 is 0 Å². The zero-order valence-electron chi connectivity index (χ0n) is 17.9. The van der Waals surface area contributed by atoms with E-state index in [2.05, 4.69) is 65.1 Å². The minimum atomic E-state index is 0.777. The average molecular weight is 392 g/mol. The van der Waals surface area contributed by atoms with Crippen LogP contribution in [0.1, 0.15) is 76.3 Å². The molecule has 0 N–H and O–H groups in total. The van der Waals surface area contributed by atoms with E-state index in [1.54, 1.807) is 0 Å². The van der Waals surface area contributed by atoms with Crippen molar-refractivity contribution in [3.8, 4) is 0 Å². The summed E-state index contributed by atoms with van der Waals surface area (Å²) in [5.74, 6) is 0.777. The summed E-state index contributed by atoms with van der Waals surface area (Å²) in [7, 11) is 0. The fourth-order valence-corrected chi connectivity index (χ4v) is 4.28. The van der Waals surface area contributed by atoms with Gasteiger partial charge in [0.25, 0.3) is 0 Å². The zero-order valence-corrected chi connectivity index (χ0v) is 17.9. The number of aromatic nitrogens is 3. The van der Waals surface area contributed by atoms with Gasteiger partial charge in [0.2, 0.25) is 0 Å². The number of nitrogens with zero attached hydrogens (tertiary/aromatic N) is 3. The van der Waals surface area contributed by atoms with Crippen LogP contribution in [0.25, 0.3) is 0 Å². The molecule has 0 aromatic carbocycles. The van der Waals surface area contributed by atoms with E-state index in [0.29, 0.717) is 0 Å². The summed E-state index contributed by atoms with van der Waals surface area (Å²) in [4.78, 5) is 0. The summed E-state index contributed by atoms with van der Waals surface area (Å²) in [5, 5.41) is 8.94. The van der Waals surface area contributed by atoms with E-state index in [1.165, 1.54) is 75.5 Å². The zero-order chi connectivity index (χ0) is 20.0. The molecule has 1 saturated carbocycles. The van der Waals surface area contributed by atoms with Gasteiger partial charge in [-0.3, -0.25) is 0 Å². The minimum absolute atomic E-state index is 0.777. The first kappa shape index (κ1) is 21.5. The predicted molar refractivity (Wildman–Crippen MR) is 123 cm³/mol. The summed E-state index contributed by atoms with van der Waals surface area (Å²) < 4.78 is 2.01. The van der Waals surface area contributed by atoms with E-state index in [9.17, 15) is 0 Å². The quantitative estimate of drug-likeness (QED) is 0.558. The first-order chi connectivity index (χ1) is 14.4. The lowest BCUT2D eigenvalue weighted by Gasteiger charge is -2.14. The molecule has 0 aliphatic heterocycles. The smallest absolute Gasteiger partial charge is 0.0830 e. The van der Waals surface area contributed by atoms with Gasteiger partial charge in [0.15, 0.2) is 0 Å². The highest BCUT2D eigenvalue weighted by Crippen LogP contribution is 2.24. The molecule has 0 saturated heterocycles. The second kappa shape index (κ2) is 13.1. The molecule has 0 spiro atoms. The molecule has 1 aromatic heterocycles. The molecule has 0 unspecified atom stereocenters. The van der Waals surface area contributed by atoms with Crippen molar-refractivity contribution in [2.75, 3.05) is 0 Å². The molecule has 1 heterocycles. The Bertz CT molecular complexity index is 721. The van der Waals surface area contributed by atoms with Crippen molar-refractivity contribution in [3.63, 3.8) is 0 Å². The van der Waals surface area contributed by atoms with Crippen LogP contribution in [0.3, 0.4) is 0 Å². The van der Waals surface area contributed by atoms with Crippen molar-refractivity contribution < 1.29 is 0 Å². The van der Waals surface area contributed by atoms with Gasteiger partial charge in [-0.05, 0) is 24.3 Å². The lowest BCUT2D eigenvalue weighted by atomic mass is 9.91. The van der Waals surface area contributed by atoms with Crippen molar-refractivity contribution in [3.05, 3.63) is 72.1 Å². The summed E-state index contributed by atoms with van der Waals surface area (Å²) in [5.41, 5.74) is 2.51. The summed E-state index contributed by atoms with van der Waals surface area (Å²) in [6, 6.07) is 0. The van der Waals surface area contributed by atoms with Crippen molar-refractivity contribution >= 4 is 0 Å². The second-order valence-corrected chi connectivity index (χ2v) is 8.50. The van der Waals surface area contributed by atoms with E-state index in [4.69, 9.17) is 0 Å². The van der Waals surface area contributed by atoms with E-state index in [1.807, 2.05) is 10.8 Å². The highest BCUT2D eigenvalue weighted by atomic mass is 15.4. The van der Waals surface area contributed by atoms with Crippen LogP contribution in [0, 0.1) is 5.92 Å². The highest BCUT2D eigenvalue weighted by molar-refractivity contribution is 5.23. The average Bonchev–Trinajstić information content (AvgIpc) is 3.11. The Morgan fingerprint density at radius 3 is 2.10 bits per heavy atom. The van der Waals surface area contributed by atoms with Crippen LogP contribution in [0.4, 0.5) is 0 Å². The van der Waals surface area contributed by atoms with Crippen LogP contribution >= 0.6 is 0 Å². The van der Waals surface area contributed by atoms with Crippen molar-refractivity contribution in [2.45, 2.75) is 83.6 Å². The Morgan fingerprint density at radius 1 is 0.759 bits per heavy atom. The van der Waals surface area contributed by atoms with Gasteiger partial charge in [-0.25, -0.2) is 4.68 Å². The fraction of sp³-hybridized carbons (Fsp3) is 0.538. The minimum Gasteiger partial charge on any atom is -0.248 e. The molecule has 3 rings (SSSR count). The fourth-order valence-electron chi connectivity index (χ4n) is 4.28. The third kappa shape index (κ3) is 8.81. The SMILES string of the molecule is C1=C\C=C/C=C(/Cn2cc(CC3CCCCCCCCCC3)nn2)C/C=C\C=C/1. The van der Waals surface area contributed by atoms with Crippen molar-refractivity contribution in [2.24, 2.45) is 5.92 Å². The Hall–Kier alpha value is -2.16. The number of rotatable bonds is 4. The number of allylic oxidation sites excluding steroid dienone is 10. The molecule has 1 fully saturated rings. The van der Waals surface area contributed by atoms with Gasteiger partial charge in [0.1, 0.15) is 0 Å². The third-order valence-corrected chi connectivity index (χ3v) is 5.94. The molecule has 3 nitrogen and oxygen atoms in total. The second-order valence-electron chi connectivity index (χ2n) is 8.50. The van der Waals surface area contributed by atoms with Crippen molar-refractivity contribution in [1.82, 2.24) is 15.0 Å². The van der Waals surface area contributed by atoms with Crippen molar-refractivity contribution in [1.29, 1.82) is 0 Å². The molecule has 0 radical (unpaired) electrons. The molecule has 2 aliphatic carbocycles. The first-order valence-electron chi connectivity index (χ1n) is 11.6. The van der Waals surface area contributed by atoms with Crippen LogP contribution in [0.2, 0.25) is 0 Å². The summed E-state index contributed by atoms with van der Waals surface area (Å²) in [6.07, 6.45) is 37.1. The summed E-state index contributed by atoms with van der Waals surface area (Å²) in [6.45, 7) is 0.805. The predicted octanol–water partition coefficient (Wildman–Crippen LogP) is 6.91. The Morgan fingerprint density at radius 2 is 1.38 bits per heavy atom. The molecule has 29 heavy (non-hydrogen) atoms. The van der Waals surface area contributed by atoms with E-state index in [0.717, 1.165) is 25.3 Å². The van der Waals surface area contributed by atoms with Gasteiger partial charge in [-0.2, -0.15) is 0 Å². The molecule has 1 aromatic rings. The Balaban J connectivity index is 1.56. The number of hydrogen-bond acceptors (Lipinski definition) is 2. The van der Waals surface area contributed by atoms with E-state index in [-0.39, 0.29) is 0 Å². The molecule has 0 atom stereocenters. The lowest BCUT2D eigenvalue weighted by molar-refractivity contribution is 0.408. The van der Waals surface area contributed by atoms with E-state index >= 15 is 0 Å². The highest BCUT2D eigenvalue weighted by Gasteiger charge is 2.13. The topological polar surface area (TPSA) is 30.7 Å². The van der Waals surface area contributed by atoms with Crippen LogP contribution in [0.15, 0.2) is 66.5 Å². The monoisotopic (exact) mass is 391 g/mol. The Kier molecular flexibility index (Phi) is 9.76.